The summed E-state index contributed by atoms with van der Waals surface area (Å²) in [6.45, 7) is 2.58. The van der Waals surface area contributed by atoms with Crippen molar-refractivity contribution in [3.8, 4) is 11.5 Å². The van der Waals surface area contributed by atoms with Crippen LogP contribution >= 0.6 is 0 Å². The van der Waals surface area contributed by atoms with Crippen LogP contribution in [0.15, 0.2) is 40.8 Å². The van der Waals surface area contributed by atoms with E-state index in [1.54, 1.807) is 0 Å². The van der Waals surface area contributed by atoms with Crippen LogP contribution in [0.3, 0.4) is 0 Å². The molecule has 0 fully saturated rings. The van der Waals surface area contributed by atoms with E-state index >= 15 is 0 Å². The lowest BCUT2D eigenvalue weighted by atomic mass is 10.1. The second kappa shape index (κ2) is 4.82. The molecule has 3 aromatic rings. The lowest BCUT2D eigenvalue weighted by molar-refractivity contribution is 0.619. The molecule has 4 nitrogen and oxygen atoms in total. The van der Waals surface area contributed by atoms with Crippen LogP contribution < -0.4 is 5.73 Å². The Hall–Kier alpha value is -2.20. The molecule has 2 heterocycles. The van der Waals surface area contributed by atoms with Crippen LogP contribution in [-0.2, 0) is 6.42 Å². The van der Waals surface area contributed by atoms with Gasteiger partial charge in [-0.05, 0) is 49.7 Å². The van der Waals surface area contributed by atoms with Crippen LogP contribution in [0.25, 0.3) is 22.7 Å². The number of benzene rings is 1. The predicted octanol–water partition coefficient (Wildman–Crippen LogP) is 2.70. The van der Waals surface area contributed by atoms with Gasteiger partial charge in [-0.25, -0.2) is 4.98 Å². The van der Waals surface area contributed by atoms with Crippen LogP contribution in [0.5, 0.6) is 0 Å². The van der Waals surface area contributed by atoms with Gasteiger partial charge < -0.3 is 10.2 Å². The zero-order valence-electron chi connectivity index (χ0n) is 10.8. The molecule has 0 aliphatic carbocycles. The van der Waals surface area contributed by atoms with Crippen LogP contribution in [0.2, 0.25) is 0 Å². The maximum atomic E-state index is 5.74. The minimum Gasteiger partial charge on any atom is -0.434 e. The monoisotopic (exact) mass is 253 g/mol. The van der Waals surface area contributed by atoms with Crippen LogP contribution in [0, 0.1) is 6.92 Å². The number of rotatable bonds is 3. The van der Waals surface area contributed by atoms with Gasteiger partial charge in [-0.3, -0.25) is 0 Å². The van der Waals surface area contributed by atoms with Crippen LogP contribution in [-0.4, -0.2) is 16.5 Å². The first kappa shape index (κ1) is 11.9. The Balaban J connectivity index is 2.05. The van der Waals surface area contributed by atoms with Crippen molar-refractivity contribution >= 4 is 11.2 Å². The molecule has 0 spiro atoms. The second-order valence-electron chi connectivity index (χ2n) is 4.53. The Morgan fingerprint density at radius 3 is 2.89 bits per heavy atom. The van der Waals surface area contributed by atoms with E-state index in [9.17, 15) is 0 Å². The summed E-state index contributed by atoms with van der Waals surface area (Å²) in [5, 5.41) is 0. The summed E-state index contributed by atoms with van der Waals surface area (Å²) >= 11 is 0. The van der Waals surface area contributed by atoms with Crippen molar-refractivity contribution in [2.75, 3.05) is 6.54 Å². The number of nitrogens with zero attached hydrogens (tertiary/aromatic N) is 2. The summed E-state index contributed by atoms with van der Waals surface area (Å²) in [4.78, 5) is 8.79. The molecule has 0 atom stereocenters. The summed E-state index contributed by atoms with van der Waals surface area (Å²) in [5.74, 6) is 0.604. The average Bonchev–Trinajstić information content (AvgIpc) is 2.82. The van der Waals surface area contributed by atoms with E-state index in [0.717, 1.165) is 17.7 Å². The van der Waals surface area contributed by atoms with Gasteiger partial charge >= 0.3 is 0 Å². The lowest BCUT2D eigenvalue weighted by Gasteiger charge is -2.00. The Kier molecular flexibility index (Phi) is 3.01. The lowest BCUT2D eigenvalue weighted by Crippen LogP contribution is -2.02. The van der Waals surface area contributed by atoms with E-state index in [4.69, 9.17) is 10.2 Å². The molecule has 2 N–H and O–H groups in total. The van der Waals surface area contributed by atoms with E-state index in [1.165, 1.54) is 5.56 Å². The molecule has 3 rings (SSSR count). The molecule has 0 saturated carbocycles. The van der Waals surface area contributed by atoms with E-state index < -0.39 is 0 Å². The molecule has 0 radical (unpaired) electrons. The first-order valence-corrected chi connectivity index (χ1v) is 6.30. The number of oxazole rings is 1. The normalized spacial score (nSPS) is 11.1. The zero-order valence-corrected chi connectivity index (χ0v) is 10.8. The van der Waals surface area contributed by atoms with Crippen molar-refractivity contribution in [2.24, 2.45) is 5.73 Å². The molecule has 4 heteroatoms. The molecule has 0 amide bonds. The molecule has 0 bridgehead atoms. The Morgan fingerprint density at radius 2 is 2.05 bits per heavy atom. The molecule has 19 heavy (non-hydrogen) atoms. The Bertz CT molecular complexity index is 718. The van der Waals surface area contributed by atoms with Crippen molar-refractivity contribution in [3.05, 3.63) is 47.7 Å². The molecule has 1 aromatic carbocycles. The van der Waals surface area contributed by atoms with Gasteiger partial charge in [-0.1, -0.05) is 12.1 Å². The smallest absolute Gasteiger partial charge is 0.228 e. The standard InChI is InChI=1S/C15H15N3O/c1-10-5-6-13-14(17-10)18-15(19-13)12-4-2-3-11(9-12)7-8-16/h2-6,9H,7-8,16H2,1H3. The molecule has 2 aromatic heterocycles. The van der Waals surface area contributed by atoms with Crippen molar-refractivity contribution in [1.82, 2.24) is 9.97 Å². The van der Waals surface area contributed by atoms with Gasteiger partial charge in [0.25, 0.3) is 0 Å². The Labute approximate surface area is 111 Å². The minimum absolute atomic E-state index is 0.604. The van der Waals surface area contributed by atoms with Gasteiger partial charge in [-0.2, -0.15) is 4.98 Å². The molecule has 0 saturated heterocycles. The molecular weight excluding hydrogens is 238 g/mol. The van der Waals surface area contributed by atoms with Gasteiger partial charge in [0.15, 0.2) is 11.2 Å². The number of hydrogen-bond acceptors (Lipinski definition) is 4. The van der Waals surface area contributed by atoms with Gasteiger partial charge in [-0.15, -0.1) is 0 Å². The molecule has 0 aliphatic rings. The van der Waals surface area contributed by atoms with E-state index in [1.807, 2.05) is 31.2 Å². The summed E-state index contributed by atoms with van der Waals surface area (Å²) in [6, 6.07) is 11.9. The highest BCUT2D eigenvalue weighted by atomic mass is 16.3. The SMILES string of the molecule is Cc1ccc2oc(-c3cccc(CCN)c3)nc2n1. The van der Waals surface area contributed by atoms with Gasteiger partial charge in [0.05, 0.1) is 0 Å². The predicted molar refractivity (Wildman–Crippen MR) is 74.7 cm³/mol. The molecule has 0 unspecified atom stereocenters. The first-order chi connectivity index (χ1) is 9.26. The fourth-order valence-electron chi connectivity index (χ4n) is 2.06. The van der Waals surface area contributed by atoms with Crippen molar-refractivity contribution < 1.29 is 4.42 Å². The maximum absolute atomic E-state index is 5.74. The van der Waals surface area contributed by atoms with Crippen molar-refractivity contribution in [1.29, 1.82) is 0 Å². The van der Waals surface area contributed by atoms with E-state index in [0.29, 0.717) is 23.7 Å². The van der Waals surface area contributed by atoms with Crippen LogP contribution in [0.4, 0.5) is 0 Å². The third-order valence-electron chi connectivity index (χ3n) is 3.00. The number of pyridine rings is 1. The van der Waals surface area contributed by atoms with Crippen molar-refractivity contribution in [3.63, 3.8) is 0 Å². The molecule has 96 valence electrons. The highest BCUT2D eigenvalue weighted by molar-refractivity contribution is 5.72. The number of fused-ring (bicyclic) bond motifs is 1. The minimum atomic E-state index is 0.604. The summed E-state index contributed by atoms with van der Waals surface area (Å²) in [6.07, 6.45) is 0.853. The number of aryl methyl sites for hydroxylation is 1. The molecule has 0 aliphatic heterocycles. The van der Waals surface area contributed by atoms with Crippen molar-refractivity contribution in [2.45, 2.75) is 13.3 Å². The summed E-state index contributed by atoms with van der Waals surface area (Å²) in [7, 11) is 0. The number of aromatic nitrogens is 2. The first-order valence-electron chi connectivity index (χ1n) is 6.30. The van der Waals surface area contributed by atoms with E-state index in [-0.39, 0.29) is 0 Å². The highest BCUT2D eigenvalue weighted by Crippen LogP contribution is 2.24. The zero-order chi connectivity index (χ0) is 13.2. The average molecular weight is 253 g/mol. The third-order valence-corrected chi connectivity index (χ3v) is 3.00. The summed E-state index contributed by atoms with van der Waals surface area (Å²) in [5.41, 5.74) is 10.0. The maximum Gasteiger partial charge on any atom is 0.228 e. The van der Waals surface area contributed by atoms with Gasteiger partial charge in [0, 0.05) is 11.3 Å². The van der Waals surface area contributed by atoms with Crippen LogP contribution in [0.1, 0.15) is 11.3 Å². The largest absolute Gasteiger partial charge is 0.434 e. The summed E-state index contributed by atoms with van der Waals surface area (Å²) < 4.78 is 5.74. The highest BCUT2D eigenvalue weighted by Gasteiger charge is 2.09. The topological polar surface area (TPSA) is 64.9 Å². The molecular formula is C15H15N3O. The second-order valence-corrected chi connectivity index (χ2v) is 4.53. The Morgan fingerprint density at radius 1 is 1.16 bits per heavy atom. The fraction of sp³-hybridized carbons (Fsp3) is 0.200. The fourth-order valence-corrected chi connectivity index (χ4v) is 2.06. The van der Waals surface area contributed by atoms with Gasteiger partial charge in [0.2, 0.25) is 5.89 Å². The number of hydrogen-bond donors (Lipinski definition) is 1. The van der Waals surface area contributed by atoms with E-state index in [2.05, 4.69) is 22.1 Å². The van der Waals surface area contributed by atoms with Gasteiger partial charge in [0.1, 0.15) is 0 Å². The quantitative estimate of drug-likeness (QED) is 0.779. The number of nitrogens with two attached hydrogens (primary N) is 1. The third kappa shape index (κ3) is 2.35.